The summed E-state index contributed by atoms with van der Waals surface area (Å²) in [6.45, 7) is 2.17. The monoisotopic (exact) mass is 297 g/mol. The van der Waals surface area contributed by atoms with E-state index in [0.29, 0.717) is 13.1 Å². The van der Waals surface area contributed by atoms with Gasteiger partial charge in [0, 0.05) is 39.4 Å². The minimum absolute atomic E-state index is 0.127. The molecule has 112 valence electrons. The molecule has 2 N–H and O–H groups in total. The van der Waals surface area contributed by atoms with Crippen LogP contribution < -0.4 is 10.6 Å². The van der Waals surface area contributed by atoms with Gasteiger partial charge in [0.15, 0.2) is 0 Å². The van der Waals surface area contributed by atoms with Crippen LogP contribution in [0.2, 0.25) is 0 Å². The van der Waals surface area contributed by atoms with Crippen LogP contribution in [0.25, 0.3) is 0 Å². The molecule has 0 spiro atoms. The predicted molar refractivity (Wildman–Crippen MR) is 82.4 cm³/mol. The second-order valence-electron chi connectivity index (χ2n) is 5.26. The summed E-state index contributed by atoms with van der Waals surface area (Å²) in [4.78, 5) is 0. The van der Waals surface area contributed by atoms with Crippen LogP contribution in [0.3, 0.4) is 0 Å². The summed E-state index contributed by atoms with van der Waals surface area (Å²) in [5.41, 5.74) is 3.79. The molecular formula is C14H23N3O2S. The molecule has 1 heterocycles. The van der Waals surface area contributed by atoms with Gasteiger partial charge in [-0.1, -0.05) is 18.2 Å². The van der Waals surface area contributed by atoms with Crippen molar-refractivity contribution in [3.8, 4) is 0 Å². The zero-order chi connectivity index (χ0) is 14.6. The first-order valence-electron chi connectivity index (χ1n) is 6.96. The summed E-state index contributed by atoms with van der Waals surface area (Å²) >= 11 is 0. The smallest absolute Gasteiger partial charge is 0.214 e. The zero-order valence-electron chi connectivity index (χ0n) is 12.1. The van der Waals surface area contributed by atoms with Crippen molar-refractivity contribution in [1.29, 1.82) is 0 Å². The van der Waals surface area contributed by atoms with Crippen LogP contribution in [0.1, 0.15) is 17.5 Å². The van der Waals surface area contributed by atoms with Gasteiger partial charge >= 0.3 is 0 Å². The number of hydrogen-bond acceptors (Lipinski definition) is 4. The highest BCUT2D eigenvalue weighted by Gasteiger charge is 2.14. The molecule has 0 saturated carbocycles. The Kier molecular flexibility index (Phi) is 5.01. The van der Waals surface area contributed by atoms with Gasteiger partial charge in [-0.25, -0.2) is 12.7 Å². The van der Waals surface area contributed by atoms with Crippen molar-refractivity contribution in [1.82, 2.24) is 9.62 Å². The van der Waals surface area contributed by atoms with Crippen LogP contribution in [0.4, 0.5) is 5.69 Å². The minimum atomic E-state index is -3.11. The van der Waals surface area contributed by atoms with Gasteiger partial charge < -0.3 is 10.6 Å². The molecule has 1 aromatic rings. The number of anilines is 1. The summed E-state index contributed by atoms with van der Waals surface area (Å²) in [6.07, 6.45) is 2.29. The van der Waals surface area contributed by atoms with E-state index in [1.165, 1.54) is 27.5 Å². The molecule has 6 heteroatoms. The first-order chi connectivity index (χ1) is 9.50. The largest absolute Gasteiger partial charge is 0.385 e. The van der Waals surface area contributed by atoms with Crippen molar-refractivity contribution >= 4 is 15.7 Å². The highest BCUT2D eigenvalue weighted by atomic mass is 32.2. The van der Waals surface area contributed by atoms with Crippen molar-refractivity contribution in [2.45, 2.75) is 19.4 Å². The lowest BCUT2D eigenvalue weighted by atomic mass is 9.99. The number of nitrogens with one attached hydrogen (secondary N) is 2. The number of hydrogen-bond donors (Lipinski definition) is 2. The number of rotatable bonds is 6. The first kappa shape index (κ1) is 15.3. The summed E-state index contributed by atoms with van der Waals surface area (Å²) in [5, 5.41) is 6.66. The quantitative estimate of drug-likeness (QED) is 0.770. The van der Waals surface area contributed by atoms with Crippen LogP contribution in [0, 0.1) is 0 Å². The van der Waals surface area contributed by atoms with Crippen LogP contribution in [-0.4, -0.2) is 45.7 Å². The third kappa shape index (κ3) is 3.71. The first-order valence-corrected chi connectivity index (χ1v) is 8.57. The molecule has 0 saturated heterocycles. The number of nitrogens with zero attached hydrogens (tertiary/aromatic N) is 1. The lowest BCUT2D eigenvalue weighted by Crippen LogP contribution is -2.31. The summed E-state index contributed by atoms with van der Waals surface area (Å²) in [7, 11) is 0.00990. The normalized spacial score (nSPS) is 14.9. The molecule has 1 aromatic carbocycles. The molecule has 0 fully saturated rings. The fourth-order valence-electron chi connectivity index (χ4n) is 2.34. The Morgan fingerprint density at radius 1 is 1.35 bits per heavy atom. The lowest BCUT2D eigenvalue weighted by molar-refractivity contribution is 0.517. The molecule has 0 amide bonds. The van der Waals surface area contributed by atoms with Crippen LogP contribution in [-0.2, 0) is 23.0 Å². The van der Waals surface area contributed by atoms with E-state index >= 15 is 0 Å². The lowest BCUT2D eigenvalue weighted by Gasteiger charge is -2.21. The predicted octanol–water partition coefficient (Wildman–Crippen LogP) is 1.03. The van der Waals surface area contributed by atoms with Gasteiger partial charge in [-0.05, 0) is 24.0 Å². The Bertz CT molecular complexity index is 556. The zero-order valence-corrected chi connectivity index (χ0v) is 13.0. The Labute approximate surface area is 121 Å². The maximum Gasteiger partial charge on any atom is 0.214 e. The topological polar surface area (TPSA) is 61.4 Å². The third-order valence-corrected chi connectivity index (χ3v) is 5.40. The van der Waals surface area contributed by atoms with Gasteiger partial charge in [-0.2, -0.15) is 0 Å². The molecule has 2 rings (SSSR count). The van der Waals surface area contributed by atoms with E-state index in [0.717, 1.165) is 13.0 Å². The molecule has 0 unspecified atom stereocenters. The van der Waals surface area contributed by atoms with E-state index in [1.54, 1.807) is 14.1 Å². The van der Waals surface area contributed by atoms with E-state index in [1.807, 2.05) is 0 Å². The standard InChI is InChI=1S/C14H23N3O2S/c1-17(2)20(18,19)10-9-15-11-13-6-3-5-12-7-4-8-16-14(12)13/h3,5-6,15-16H,4,7-11H2,1-2H3. The van der Waals surface area contributed by atoms with Crippen molar-refractivity contribution in [3.05, 3.63) is 29.3 Å². The molecule has 0 radical (unpaired) electrons. The van der Waals surface area contributed by atoms with Crippen LogP contribution >= 0.6 is 0 Å². The highest BCUT2D eigenvalue weighted by Crippen LogP contribution is 2.25. The average Bonchev–Trinajstić information content (AvgIpc) is 2.43. The number of fused-ring (bicyclic) bond motifs is 1. The minimum Gasteiger partial charge on any atom is -0.385 e. The highest BCUT2D eigenvalue weighted by molar-refractivity contribution is 7.89. The van der Waals surface area contributed by atoms with Crippen molar-refractivity contribution in [2.75, 3.05) is 38.3 Å². The molecule has 0 bridgehead atoms. The van der Waals surface area contributed by atoms with Crippen molar-refractivity contribution < 1.29 is 8.42 Å². The van der Waals surface area contributed by atoms with Crippen LogP contribution in [0.15, 0.2) is 18.2 Å². The SMILES string of the molecule is CN(C)S(=O)(=O)CCNCc1cccc2c1NCCC2. The molecule has 1 aliphatic rings. The maximum absolute atomic E-state index is 11.6. The van der Waals surface area contributed by atoms with E-state index in [-0.39, 0.29) is 5.75 Å². The number of benzene rings is 1. The molecule has 0 aliphatic carbocycles. The van der Waals surface area contributed by atoms with Crippen molar-refractivity contribution in [3.63, 3.8) is 0 Å². The van der Waals surface area contributed by atoms with Gasteiger partial charge in [0.2, 0.25) is 10.0 Å². The summed E-state index contributed by atoms with van der Waals surface area (Å²) in [6, 6.07) is 6.31. The molecule has 20 heavy (non-hydrogen) atoms. The maximum atomic E-state index is 11.6. The van der Waals surface area contributed by atoms with E-state index in [4.69, 9.17) is 0 Å². The summed E-state index contributed by atoms with van der Waals surface area (Å²) in [5.74, 6) is 0.127. The van der Waals surface area contributed by atoms with E-state index in [2.05, 4.69) is 28.8 Å². The fourth-order valence-corrected chi connectivity index (χ4v) is 3.10. The van der Waals surface area contributed by atoms with Gasteiger partial charge in [0.1, 0.15) is 0 Å². The average molecular weight is 297 g/mol. The Morgan fingerprint density at radius 3 is 2.90 bits per heavy atom. The van der Waals surface area contributed by atoms with Gasteiger partial charge in [0.25, 0.3) is 0 Å². The van der Waals surface area contributed by atoms with Gasteiger partial charge in [-0.3, -0.25) is 0 Å². The molecule has 0 atom stereocenters. The molecule has 1 aliphatic heterocycles. The second-order valence-corrected chi connectivity index (χ2v) is 7.56. The number of para-hydroxylation sites is 1. The molecule has 5 nitrogen and oxygen atoms in total. The van der Waals surface area contributed by atoms with E-state index in [9.17, 15) is 8.42 Å². The Balaban J connectivity index is 1.89. The summed E-state index contributed by atoms with van der Waals surface area (Å²) < 4.78 is 24.6. The number of aryl methyl sites for hydroxylation is 1. The fraction of sp³-hybridized carbons (Fsp3) is 0.571. The van der Waals surface area contributed by atoms with E-state index < -0.39 is 10.0 Å². The Morgan fingerprint density at radius 2 is 2.15 bits per heavy atom. The van der Waals surface area contributed by atoms with Gasteiger partial charge in [0.05, 0.1) is 5.75 Å². The third-order valence-electron chi connectivity index (χ3n) is 3.57. The Hall–Kier alpha value is -1.11. The second kappa shape index (κ2) is 6.56. The number of sulfonamides is 1. The van der Waals surface area contributed by atoms with Gasteiger partial charge in [-0.15, -0.1) is 0 Å². The molecular weight excluding hydrogens is 274 g/mol. The van der Waals surface area contributed by atoms with Crippen molar-refractivity contribution in [2.24, 2.45) is 0 Å². The van der Waals surface area contributed by atoms with Crippen LogP contribution in [0.5, 0.6) is 0 Å². The molecule has 0 aromatic heterocycles.